The predicted octanol–water partition coefficient (Wildman–Crippen LogP) is 0.543. The largest absolute Gasteiger partial charge is 0.480 e. The van der Waals surface area contributed by atoms with Gasteiger partial charge in [0, 0.05) is 24.1 Å². The third-order valence-corrected chi connectivity index (χ3v) is 2.79. The number of amides is 1. The van der Waals surface area contributed by atoms with Crippen LogP contribution in [0.4, 0.5) is 5.69 Å². The van der Waals surface area contributed by atoms with Crippen LogP contribution in [0.5, 0.6) is 0 Å². The van der Waals surface area contributed by atoms with Crippen molar-refractivity contribution < 1.29 is 14.7 Å². The summed E-state index contributed by atoms with van der Waals surface area (Å²) >= 11 is 0. The lowest BCUT2D eigenvalue weighted by Gasteiger charge is -2.18. The Hall–Kier alpha value is -2.34. The first-order valence-electron chi connectivity index (χ1n) is 5.34. The van der Waals surface area contributed by atoms with E-state index in [9.17, 15) is 9.59 Å². The van der Waals surface area contributed by atoms with Gasteiger partial charge in [-0.15, -0.1) is 0 Å². The summed E-state index contributed by atoms with van der Waals surface area (Å²) in [7, 11) is 1.50. The molecule has 0 aliphatic heterocycles. The van der Waals surface area contributed by atoms with Gasteiger partial charge in [-0.25, -0.2) is 4.79 Å². The van der Waals surface area contributed by atoms with E-state index in [2.05, 4.69) is 4.98 Å². The van der Waals surface area contributed by atoms with E-state index in [1.54, 1.807) is 6.20 Å². The van der Waals surface area contributed by atoms with E-state index in [1.165, 1.54) is 11.9 Å². The zero-order valence-electron chi connectivity index (χ0n) is 9.75. The first-order chi connectivity index (χ1) is 8.52. The van der Waals surface area contributed by atoms with Crippen molar-refractivity contribution in [3.63, 3.8) is 0 Å². The summed E-state index contributed by atoms with van der Waals surface area (Å²) in [6.07, 6.45) is 1.65. The fourth-order valence-electron chi connectivity index (χ4n) is 1.77. The lowest BCUT2D eigenvalue weighted by atomic mass is 10.2. The number of likely N-dealkylation sites (N-methyl/N-ethyl adjacent to an activating group) is 1. The number of benzene rings is 1. The summed E-state index contributed by atoms with van der Waals surface area (Å²) in [5, 5.41) is 9.57. The van der Waals surface area contributed by atoms with Gasteiger partial charge in [0.25, 0.3) is 5.91 Å². The zero-order valence-corrected chi connectivity index (χ0v) is 9.75. The molecular formula is C12H13N3O3. The highest BCUT2D eigenvalue weighted by molar-refractivity contribution is 6.11. The van der Waals surface area contributed by atoms with Crippen molar-refractivity contribution >= 4 is 28.5 Å². The molecule has 0 radical (unpaired) electrons. The van der Waals surface area contributed by atoms with Crippen LogP contribution >= 0.6 is 0 Å². The van der Waals surface area contributed by atoms with Crippen molar-refractivity contribution in [1.29, 1.82) is 0 Å². The number of nitrogens with zero attached hydrogens (tertiary/aromatic N) is 1. The minimum atomic E-state index is -1.55. The molecule has 6 heteroatoms. The number of aromatic amines is 1. The Bertz CT molecular complexity index is 605. The maximum Gasteiger partial charge on any atom is 0.330 e. The van der Waals surface area contributed by atoms with Gasteiger partial charge in [0.15, 0.2) is 6.04 Å². The molecule has 1 aromatic heterocycles. The number of hydrogen-bond donors (Lipinski definition) is 3. The number of carbonyl (C=O) groups is 2. The predicted molar refractivity (Wildman–Crippen MR) is 67.3 cm³/mol. The maximum atomic E-state index is 11.8. The first-order valence-corrected chi connectivity index (χ1v) is 5.34. The SMILES string of the molecule is CN(C(=O)C(N)C(=O)O)c1c[nH]c2ccccc12. The van der Waals surface area contributed by atoms with Crippen LogP contribution in [-0.4, -0.2) is 35.1 Å². The average Bonchev–Trinajstić information content (AvgIpc) is 2.79. The highest BCUT2D eigenvalue weighted by Crippen LogP contribution is 2.25. The van der Waals surface area contributed by atoms with Gasteiger partial charge >= 0.3 is 5.97 Å². The van der Waals surface area contributed by atoms with Gasteiger partial charge in [-0.2, -0.15) is 0 Å². The van der Waals surface area contributed by atoms with Crippen molar-refractivity contribution in [3.05, 3.63) is 30.5 Å². The number of para-hydroxylation sites is 1. The Morgan fingerprint density at radius 1 is 1.39 bits per heavy atom. The van der Waals surface area contributed by atoms with Crippen LogP contribution in [0.15, 0.2) is 30.5 Å². The number of nitrogens with one attached hydrogen (secondary N) is 1. The summed E-state index contributed by atoms with van der Waals surface area (Å²) < 4.78 is 0. The zero-order chi connectivity index (χ0) is 13.3. The van der Waals surface area contributed by atoms with Crippen molar-refractivity contribution in [1.82, 2.24) is 4.98 Å². The Labute approximate surface area is 103 Å². The molecule has 94 valence electrons. The number of hydrogen-bond acceptors (Lipinski definition) is 3. The molecule has 0 bridgehead atoms. The molecule has 0 aliphatic carbocycles. The molecule has 0 aliphatic rings. The number of aliphatic carboxylic acids is 1. The van der Waals surface area contributed by atoms with Crippen LogP contribution in [0.3, 0.4) is 0 Å². The second-order valence-corrected chi connectivity index (χ2v) is 3.93. The van der Waals surface area contributed by atoms with Gasteiger partial charge in [-0.1, -0.05) is 18.2 Å². The molecule has 2 rings (SSSR count). The summed E-state index contributed by atoms with van der Waals surface area (Å²) in [5.74, 6) is -2.00. The summed E-state index contributed by atoms with van der Waals surface area (Å²) in [4.78, 5) is 26.8. The number of carboxylic acids is 1. The van der Waals surface area contributed by atoms with Crippen LogP contribution in [0.2, 0.25) is 0 Å². The smallest absolute Gasteiger partial charge is 0.330 e. The Kier molecular flexibility index (Phi) is 3.03. The fourth-order valence-corrected chi connectivity index (χ4v) is 1.77. The van der Waals surface area contributed by atoms with E-state index in [0.717, 1.165) is 10.9 Å². The summed E-state index contributed by atoms with van der Waals surface area (Å²) in [6, 6.07) is 5.87. The van der Waals surface area contributed by atoms with Crippen LogP contribution < -0.4 is 10.6 Å². The summed E-state index contributed by atoms with van der Waals surface area (Å²) in [5.41, 5.74) is 6.79. The number of H-pyrrole nitrogens is 1. The number of fused-ring (bicyclic) bond motifs is 1. The van der Waals surface area contributed by atoms with E-state index in [0.29, 0.717) is 5.69 Å². The normalized spacial score (nSPS) is 12.3. The number of anilines is 1. The molecular weight excluding hydrogens is 234 g/mol. The Morgan fingerprint density at radius 3 is 2.72 bits per heavy atom. The second-order valence-electron chi connectivity index (χ2n) is 3.93. The Balaban J connectivity index is 2.37. The van der Waals surface area contributed by atoms with E-state index >= 15 is 0 Å². The fraction of sp³-hybridized carbons (Fsp3) is 0.167. The molecule has 0 spiro atoms. The van der Waals surface area contributed by atoms with Gasteiger partial charge in [0.2, 0.25) is 0 Å². The molecule has 1 aromatic carbocycles. The molecule has 1 unspecified atom stereocenters. The minimum absolute atomic E-state index is 0.604. The average molecular weight is 247 g/mol. The monoisotopic (exact) mass is 247 g/mol. The first kappa shape index (κ1) is 12.1. The molecule has 4 N–H and O–H groups in total. The lowest BCUT2D eigenvalue weighted by Crippen LogP contribution is -2.46. The summed E-state index contributed by atoms with van der Waals surface area (Å²) in [6.45, 7) is 0. The molecule has 0 saturated carbocycles. The van der Waals surface area contributed by atoms with Crippen LogP contribution in [0.25, 0.3) is 10.9 Å². The molecule has 1 atom stereocenters. The number of aromatic nitrogens is 1. The van der Waals surface area contributed by atoms with Gasteiger partial charge in [0.1, 0.15) is 0 Å². The Morgan fingerprint density at radius 2 is 2.06 bits per heavy atom. The molecule has 0 saturated heterocycles. The van der Waals surface area contributed by atoms with Gasteiger partial charge in [0.05, 0.1) is 5.69 Å². The maximum absolute atomic E-state index is 11.8. The molecule has 2 aromatic rings. The second kappa shape index (κ2) is 4.50. The van der Waals surface area contributed by atoms with E-state index < -0.39 is 17.9 Å². The van der Waals surface area contributed by atoms with Gasteiger partial charge in [-0.05, 0) is 6.07 Å². The van der Waals surface area contributed by atoms with Crippen LogP contribution in [0, 0.1) is 0 Å². The lowest BCUT2D eigenvalue weighted by molar-refractivity contribution is -0.142. The van der Waals surface area contributed by atoms with Gasteiger partial charge < -0.3 is 20.7 Å². The van der Waals surface area contributed by atoms with Crippen LogP contribution in [-0.2, 0) is 9.59 Å². The molecule has 1 amide bonds. The number of carbonyl (C=O) groups excluding carboxylic acids is 1. The quantitative estimate of drug-likeness (QED) is 0.689. The highest BCUT2D eigenvalue weighted by atomic mass is 16.4. The van der Waals surface area contributed by atoms with E-state index in [4.69, 9.17) is 10.8 Å². The third kappa shape index (κ3) is 1.93. The topological polar surface area (TPSA) is 99.4 Å². The number of nitrogens with two attached hydrogens (primary N) is 1. The molecule has 18 heavy (non-hydrogen) atoms. The molecule has 6 nitrogen and oxygen atoms in total. The van der Waals surface area contributed by atoms with Gasteiger partial charge in [-0.3, -0.25) is 4.79 Å². The third-order valence-electron chi connectivity index (χ3n) is 2.79. The number of carboxylic acid groups (broad SMARTS) is 1. The molecule has 1 heterocycles. The standard InChI is InChI=1S/C12H13N3O3/c1-15(11(16)10(13)12(17)18)9-6-14-8-5-3-2-4-7(8)9/h2-6,10,14H,13H2,1H3,(H,17,18). The van der Waals surface area contributed by atoms with Crippen molar-refractivity contribution in [2.24, 2.45) is 5.73 Å². The number of rotatable bonds is 3. The highest BCUT2D eigenvalue weighted by Gasteiger charge is 2.26. The van der Waals surface area contributed by atoms with Crippen molar-refractivity contribution in [3.8, 4) is 0 Å². The van der Waals surface area contributed by atoms with Crippen LogP contribution in [0.1, 0.15) is 0 Å². The minimum Gasteiger partial charge on any atom is -0.480 e. The van der Waals surface area contributed by atoms with Crippen molar-refractivity contribution in [2.75, 3.05) is 11.9 Å². The van der Waals surface area contributed by atoms with E-state index in [-0.39, 0.29) is 0 Å². The van der Waals surface area contributed by atoms with E-state index in [1.807, 2.05) is 24.3 Å². The molecule has 0 fully saturated rings. The van der Waals surface area contributed by atoms with Crippen molar-refractivity contribution in [2.45, 2.75) is 6.04 Å².